The average Bonchev–Trinajstić information content (AvgIpc) is 3.31. The van der Waals surface area contributed by atoms with Gasteiger partial charge in [-0.2, -0.15) is 0 Å². The number of H-pyrrole nitrogens is 1. The van der Waals surface area contributed by atoms with Crippen molar-refractivity contribution in [3.05, 3.63) is 93.6 Å². The molecule has 1 unspecified atom stereocenters. The van der Waals surface area contributed by atoms with E-state index in [9.17, 15) is 4.79 Å². The second-order valence-electron chi connectivity index (χ2n) is 9.47. The van der Waals surface area contributed by atoms with Crippen molar-refractivity contribution in [1.29, 1.82) is 0 Å². The highest BCUT2D eigenvalue weighted by Crippen LogP contribution is 2.40. The Morgan fingerprint density at radius 2 is 1.72 bits per heavy atom. The number of carbonyl (C=O) groups excluding carboxylic acids is 1. The molecule has 2 heterocycles. The zero-order valence-corrected chi connectivity index (χ0v) is 23.0. The summed E-state index contributed by atoms with van der Waals surface area (Å²) < 4.78 is 11.7. The van der Waals surface area contributed by atoms with Crippen molar-refractivity contribution < 1.29 is 19.4 Å². The lowest BCUT2D eigenvalue weighted by molar-refractivity contribution is 0.135. The number of nitrogens with one attached hydrogen (secondary N) is 2. The average molecular weight is 569 g/mol. The van der Waals surface area contributed by atoms with E-state index >= 15 is 0 Å². The summed E-state index contributed by atoms with van der Waals surface area (Å²) in [6, 6.07) is 20.1. The van der Waals surface area contributed by atoms with Crippen LogP contribution in [0.15, 0.2) is 66.7 Å². The molecule has 0 aliphatic carbocycles. The van der Waals surface area contributed by atoms with Gasteiger partial charge in [0.05, 0.1) is 13.2 Å². The highest BCUT2D eigenvalue weighted by Gasteiger charge is 2.35. The molecule has 7 nitrogen and oxygen atoms in total. The highest BCUT2D eigenvalue weighted by atomic mass is 35.5. The van der Waals surface area contributed by atoms with Crippen molar-refractivity contribution in [3.8, 4) is 11.5 Å². The number of aromatic amines is 1. The molecule has 0 bridgehead atoms. The molecule has 1 amide bonds. The van der Waals surface area contributed by atoms with Gasteiger partial charge in [0, 0.05) is 39.7 Å². The Kier molecular flexibility index (Phi) is 8.94. The Morgan fingerprint density at radius 1 is 0.974 bits per heavy atom. The maximum Gasteiger partial charge on any atom is 0.416 e. The molecule has 0 saturated heterocycles. The van der Waals surface area contributed by atoms with E-state index in [1.807, 2.05) is 42.5 Å². The van der Waals surface area contributed by atoms with E-state index in [2.05, 4.69) is 10.3 Å². The first-order valence-electron chi connectivity index (χ1n) is 13.1. The van der Waals surface area contributed by atoms with Crippen LogP contribution in [0, 0.1) is 0 Å². The van der Waals surface area contributed by atoms with Crippen molar-refractivity contribution in [2.45, 2.75) is 25.3 Å². The third-order valence-corrected chi connectivity index (χ3v) is 7.33. The molecule has 1 aromatic heterocycles. The summed E-state index contributed by atoms with van der Waals surface area (Å²) in [5, 5.41) is 14.3. The second kappa shape index (κ2) is 12.7. The van der Waals surface area contributed by atoms with Crippen LogP contribution in [-0.2, 0) is 6.42 Å². The summed E-state index contributed by atoms with van der Waals surface area (Å²) in [5.74, 6) is 1.21. The fourth-order valence-corrected chi connectivity index (χ4v) is 5.26. The molecule has 0 spiro atoms. The first kappa shape index (κ1) is 27.3. The molecule has 9 heteroatoms. The van der Waals surface area contributed by atoms with Crippen molar-refractivity contribution in [2.75, 3.05) is 32.8 Å². The molecular formula is C30H31Cl2N3O4. The molecule has 3 aromatic carbocycles. The number of carbonyl (C=O) groups is 1. The summed E-state index contributed by atoms with van der Waals surface area (Å²) in [6.07, 6.45) is 2.13. The number of halogens is 2. The van der Waals surface area contributed by atoms with Gasteiger partial charge in [0.25, 0.3) is 0 Å². The topological polar surface area (TPSA) is 86.8 Å². The van der Waals surface area contributed by atoms with Gasteiger partial charge in [0.1, 0.15) is 17.5 Å². The summed E-state index contributed by atoms with van der Waals surface area (Å²) in [7, 11) is 0. The number of ether oxygens (including phenoxy) is 2. The molecule has 0 radical (unpaired) electrons. The number of aliphatic hydroxyl groups is 1. The van der Waals surface area contributed by atoms with Crippen LogP contribution in [0.1, 0.15) is 35.7 Å². The molecule has 3 N–H and O–H groups in total. The van der Waals surface area contributed by atoms with Gasteiger partial charge in [-0.05, 0) is 91.5 Å². The number of nitrogens with zero attached hydrogens (tertiary/aromatic N) is 1. The predicted octanol–water partition coefficient (Wildman–Crippen LogP) is 6.36. The van der Waals surface area contributed by atoms with Gasteiger partial charge in [-0.25, -0.2) is 4.79 Å². The summed E-state index contributed by atoms with van der Waals surface area (Å²) >= 11 is 12.3. The maximum absolute atomic E-state index is 13.4. The van der Waals surface area contributed by atoms with Gasteiger partial charge in [0.15, 0.2) is 0 Å². The first-order valence-corrected chi connectivity index (χ1v) is 13.9. The van der Waals surface area contributed by atoms with Gasteiger partial charge < -0.3 is 24.9 Å². The number of amides is 1. The Bertz CT molecular complexity index is 1410. The van der Waals surface area contributed by atoms with Crippen LogP contribution in [0.5, 0.6) is 11.5 Å². The minimum absolute atomic E-state index is 0.147. The maximum atomic E-state index is 13.4. The zero-order chi connectivity index (χ0) is 27.2. The number of hydrogen-bond acceptors (Lipinski definition) is 5. The zero-order valence-electron chi connectivity index (χ0n) is 21.5. The normalized spacial score (nSPS) is 14.8. The van der Waals surface area contributed by atoms with E-state index < -0.39 is 6.09 Å². The van der Waals surface area contributed by atoms with Gasteiger partial charge in [-0.1, -0.05) is 35.3 Å². The third kappa shape index (κ3) is 6.50. The molecule has 0 saturated carbocycles. The molecular weight excluding hydrogens is 537 g/mol. The molecule has 39 heavy (non-hydrogen) atoms. The fourth-order valence-electron chi connectivity index (χ4n) is 4.96. The molecule has 1 atom stereocenters. The lowest BCUT2D eigenvalue weighted by atomic mass is 9.92. The quantitative estimate of drug-likeness (QED) is 0.194. The molecule has 5 rings (SSSR count). The number of rotatable bonds is 10. The number of unbranched alkanes of at least 4 members (excludes halogenated alkanes) is 1. The Labute approximate surface area is 237 Å². The van der Waals surface area contributed by atoms with E-state index in [0.717, 1.165) is 52.9 Å². The summed E-state index contributed by atoms with van der Waals surface area (Å²) in [5.41, 5.74) is 4.04. The lowest BCUT2D eigenvalue weighted by Crippen LogP contribution is -2.42. The summed E-state index contributed by atoms with van der Waals surface area (Å²) in [6.45, 7) is 2.71. The Balaban J connectivity index is 1.37. The molecule has 204 valence electrons. The second-order valence-corrected chi connectivity index (χ2v) is 10.3. The number of hydrogen-bond donors (Lipinski definition) is 3. The molecule has 1 aliphatic rings. The van der Waals surface area contributed by atoms with Crippen LogP contribution in [0.2, 0.25) is 10.0 Å². The molecule has 1 aliphatic heterocycles. The van der Waals surface area contributed by atoms with Crippen LogP contribution >= 0.6 is 23.2 Å². The van der Waals surface area contributed by atoms with Crippen LogP contribution in [0.3, 0.4) is 0 Å². The van der Waals surface area contributed by atoms with Crippen molar-refractivity contribution in [2.24, 2.45) is 0 Å². The fraction of sp³-hybridized carbons (Fsp3) is 0.300. The highest BCUT2D eigenvalue weighted by molar-refractivity contribution is 6.31. The van der Waals surface area contributed by atoms with Crippen molar-refractivity contribution in [1.82, 2.24) is 15.2 Å². The Morgan fingerprint density at radius 3 is 2.49 bits per heavy atom. The van der Waals surface area contributed by atoms with Gasteiger partial charge in [-0.3, -0.25) is 4.90 Å². The largest absolute Gasteiger partial charge is 0.494 e. The predicted molar refractivity (Wildman–Crippen MR) is 154 cm³/mol. The third-order valence-electron chi connectivity index (χ3n) is 6.84. The van der Waals surface area contributed by atoms with Crippen molar-refractivity contribution >= 4 is 40.2 Å². The summed E-state index contributed by atoms with van der Waals surface area (Å²) in [4.78, 5) is 18.7. The van der Waals surface area contributed by atoms with E-state index in [-0.39, 0.29) is 12.6 Å². The minimum Gasteiger partial charge on any atom is -0.494 e. The number of aliphatic hydroxyl groups excluding tert-OH is 1. The van der Waals surface area contributed by atoms with Crippen LogP contribution in [-0.4, -0.2) is 53.9 Å². The first-order chi connectivity index (χ1) is 19.0. The number of fused-ring (bicyclic) bond motifs is 3. The molecule has 4 aromatic rings. The SMILES string of the molecule is O=C(Oc1ccc(Cl)cc1)N1CCc2c([nH]c3ccc(Cl)cc23)C1c1ccc(OCCCCNCCO)cc1. The van der Waals surface area contributed by atoms with Gasteiger partial charge >= 0.3 is 6.09 Å². The monoisotopic (exact) mass is 567 g/mol. The standard InChI is InChI=1S/C30H31Cl2N3O4/c31-21-5-10-24(11-6-21)39-30(37)35-16-13-25-26-19-22(32)7-12-27(26)34-28(25)29(35)20-3-8-23(9-4-20)38-18-2-1-14-33-15-17-36/h3-12,19,29,33-34,36H,1-2,13-18H2. The molecule has 0 fully saturated rings. The number of aromatic nitrogens is 1. The minimum atomic E-state index is -0.431. The van der Waals surface area contributed by atoms with Gasteiger partial charge in [-0.15, -0.1) is 0 Å². The smallest absolute Gasteiger partial charge is 0.416 e. The van der Waals surface area contributed by atoms with Gasteiger partial charge in [0.2, 0.25) is 0 Å². The van der Waals surface area contributed by atoms with Crippen LogP contribution in [0.4, 0.5) is 4.79 Å². The van der Waals surface area contributed by atoms with E-state index in [0.29, 0.717) is 41.9 Å². The van der Waals surface area contributed by atoms with Crippen LogP contribution < -0.4 is 14.8 Å². The van der Waals surface area contributed by atoms with E-state index in [4.69, 9.17) is 37.8 Å². The van der Waals surface area contributed by atoms with E-state index in [1.54, 1.807) is 29.2 Å². The van der Waals surface area contributed by atoms with E-state index in [1.165, 1.54) is 0 Å². The Hall–Kier alpha value is -3.23. The lowest BCUT2D eigenvalue weighted by Gasteiger charge is -2.35. The van der Waals surface area contributed by atoms with Crippen molar-refractivity contribution in [3.63, 3.8) is 0 Å². The number of benzene rings is 3. The van der Waals surface area contributed by atoms with Crippen LogP contribution in [0.25, 0.3) is 10.9 Å².